The molecule has 0 bridgehead atoms. The fourth-order valence-electron chi connectivity index (χ4n) is 3.91. The topological polar surface area (TPSA) is 26.3 Å². The summed E-state index contributed by atoms with van der Waals surface area (Å²) < 4.78 is 20.7. The van der Waals surface area contributed by atoms with Gasteiger partial charge in [-0.2, -0.15) is 0 Å². The van der Waals surface area contributed by atoms with E-state index in [-0.39, 0.29) is 5.92 Å². The van der Waals surface area contributed by atoms with E-state index in [2.05, 4.69) is 6.58 Å². The molecule has 146 valence electrons. The van der Waals surface area contributed by atoms with Crippen molar-refractivity contribution in [3.05, 3.63) is 114 Å². The van der Waals surface area contributed by atoms with Gasteiger partial charge in [-0.25, -0.2) is 0 Å². The number of rotatable bonds is 6. The SMILES string of the molecule is C=C(C)C1COC(c2ccccc2)=C1CP(=O)(c1ccccc1)c1ccccc1. The van der Waals surface area contributed by atoms with E-state index in [0.29, 0.717) is 12.8 Å². The molecule has 1 aliphatic rings. The Balaban J connectivity index is 1.87. The van der Waals surface area contributed by atoms with Crippen molar-refractivity contribution in [1.82, 2.24) is 0 Å². The maximum absolute atomic E-state index is 14.6. The normalized spacial score (nSPS) is 16.5. The molecule has 3 aromatic carbocycles. The average Bonchev–Trinajstić information content (AvgIpc) is 3.19. The zero-order chi connectivity index (χ0) is 20.3. The van der Waals surface area contributed by atoms with Crippen molar-refractivity contribution >= 4 is 23.5 Å². The van der Waals surface area contributed by atoms with Crippen LogP contribution in [0.4, 0.5) is 0 Å². The largest absolute Gasteiger partial charge is 0.492 e. The van der Waals surface area contributed by atoms with E-state index in [9.17, 15) is 4.57 Å². The van der Waals surface area contributed by atoms with Gasteiger partial charge >= 0.3 is 0 Å². The van der Waals surface area contributed by atoms with Crippen molar-refractivity contribution < 1.29 is 9.30 Å². The zero-order valence-electron chi connectivity index (χ0n) is 16.6. The summed E-state index contributed by atoms with van der Waals surface area (Å²) in [5.41, 5.74) is 3.15. The van der Waals surface area contributed by atoms with Crippen LogP contribution in [-0.4, -0.2) is 12.8 Å². The van der Waals surface area contributed by atoms with Crippen LogP contribution in [0.15, 0.2) is 109 Å². The van der Waals surface area contributed by atoms with E-state index in [0.717, 1.165) is 33.1 Å². The summed E-state index contributed by atoms with van der Waals surface area (Å²) >= 11 is 0. The first kappa shape index (κ1) is 19.5. The Kier molecular flexibility index (Phi) is 5.56. The van der Waals surface area contributed by atoms with Gasteiger partial charge in [-0.3, -0.25) is 0 Å². The van der Waals surface area contributed by atoms with E-state index in [1.807, 2.05) is 97.9 Å². The third kappa shape index (κ3) is 3.86. The second-order valence-corrected chi connectivity index (χ2v) is 10.3. The molecular weight excluding hydrogens is 375 g/mol. The molecule has 0 spiro atoms. The first-order valence-electron chi connectivity index (χ1n) is 9.86. The van der Waals surface area contributed by atoms with Crippen molar-refractivity contribution in [3.63, 3.8) is 0 Å². The molecule has 0 fully saturated rings. The Bertz CT molecular complexity index is 1030. The first-order chi connectivity index (χ1) is 14.1. The van der Waals surface area contributed by atoms with Gasteiger partial charge in [0.2, 0.25) is 0 Å². The van der Waals surface area contributed by atoms with Crippen molar-refractivity contribution in [2.45, 2.75) is 6.92 Å². The molecule has 0 amide bonds. The van der Waals surface area contributed by atoms with Gasteiger partial charge in [-0.05, 0) is 12.5 Å². The molecule has 1 aliphatic heterocycles. The van der Waals surface area contributed by atoms with E-state index in [1.165, 1.54) is 0 Å². The summed E-state index contributed by atoms with van der Waals surface area (Å²) in [6.07, 6.45) is 0.447. The molecule has 0 aromatic heterocycles. The predicted octanol–water partition coefficient (Wildman–Crippen LogP) is 5.63. The Labute approximate surface area is 172 Å². The molecule has 3 aromatic rings. The highest BCUT2D eigenvalue weighted by Gasteiger charge is 2.36. The molecule has 29 heavy (non-hydrogen) atoms. The first-order valence-corrected chi connectivity index (χ1v) is 11.8. The Morgan fingerprint density at radius 1 is 0.897 bits per heavy atom. The number of benzene rings is 3. The van der Waals surface area contributed by atoms with Crippen LogP contribution in [-0.2, 0) is 9.30 Å². The Morgan fingerprint density at radius 2 is 1.38 bits per heavy atom. The van der Waals surface area contributed by atoms with Gasteiger partial charge in [0.05, 0.1) is 6.61 Å². The van der Waals surface area contributed by atoms with Crippen LogP contribution in [0.1, 0.15) is 12.5 Å². The summed E-state index contributed by atoms with van der Waals surface area (Å²) in [5.74, 6) is 0.927. The predicted molar refractivity (Wildman–Crippen MR) is 122 cm³/mol. The van der Waals surface area contributed by atoms with Crippen LogP contribution in [0, 0.1) is 5.92 Å². The van der Waals surface area contributed by atoms with E-state index >= 15 is 0 Å². The lowest BCUT2D eigenvalue weighted by Crippen LogP contribution is -2.21. The molecule has 0 saturated heterocycles. The maximum Gasteiger partial charge on any atom is 0.147 e. The Hall–Kier alpha value is -2.83. The van der Waals surface area contributed by atoms with Gasteiger partial charge < -0.3 is 9.30 Å². The summed E-state index contributed by atoms with van der Waals surface area (Å²) in [4.78, 5) is 0. The van der Waals surface area contributed by atoms with Gasteiger partial charge in [0, 0.05) is 28.3 Å². The molecule has 0 aliphatic carbocycles. The summed E-state index contributed by atoms with van der Waals surface area (Å²) in [6.45, 7) is 6.77. The van der Waals surface area contributed by atoms with E-state index < -0.39 is 7.14 Å². The molecule has 0 radical (unpaired) electrons. The Morgan fingerprint density at radius 3 is 1.86 bits per heavy atom. The number of hydrogen-bond acceptors (Lipinski definition) is 2. The monoisotopic (exact) mass is 400 g/mol. The molecule has 1 unspecified atom stereocenters. The van der Waals surface area contributed by atoms with Crippen LogP contribution >= 0.6 is 7.14 Å². The quantitative estimate of drug-likeness (QED) is 0.396. The third-order valence-electron chi connectivity index (χ3n) is 5.48. The third-order valence-corrected chi connectivity index (χ3v) is 8.53. The number of ether oxygens (including phenoxy) is 1. The van der Waals surface area contributed by atoms with Crippen molar-refractivity contribution in [3.8, 4) is 0 Å². The second kappa shape index (κ2) is 8.27. The average molecular weight is 400 g/mol. The van der Waals surface area contributed by atoms with Crippen LogP contribution in [0.2, 0.25) is 0 Å². The molecule has 0 N–H and O–H groups in total. The molecular formula is C26H25O2P. The van der Waals surface area contributed by atoms with Crippen LogP contribution in [0.25, 0.3) is 5.76 Å². The van der Waals surface area contributed by atoms with Crippen molar-refractivity contribution in [1.29, 1.82) is 0 Å². The summed E-state index contributed by atoms with van der Waals surface area (Å²) in [6, 6.07) is 29.7. The lowest BCUT2D eigenvalue weighted by atomic mass is 9.94. The lowest BCUT2D eigenvalue weighted by Gasteiger charge is -2.23. The van der Waals surface area contributed by atoms with Gasteiger partial charge in [0.1, 0.15) is 12.9 Å². The molecule has 4 rings (SSSR count). The van der Waals surface area contributed by atoms with E-state index in [1.54, 1.807) is 0 Å². The van der Waals surface area contributed by atoms with Gasteiger partial charge in [0.15, 0.2) is 0 Å². The molecule has 3 heteroatoms. The van der Waals surface area contributed by atoms with Gasteiger partial charge in [-0.1, -0.05) is 103 Å². The molecule has 1 heterocycles. The maximum atomic E-state index is 14.6. The minimum Gasteiger partial charge on any atom is -0.492 e. The fraction of sp³-hybridized carbons (Fsp3) is 0.154. The fourth-order valence-corrected chi connectivity index (χ4v) is 6.72. The van der Waals surface area contributed by atoms with Crippen molar-refractivity contribution in [2.24, 2.45) is 5.92 Å². The van der Waals surface area contributed by atoms with Crippen LogP contribution < -0.4 is 10.6 Å². The van der Waals surface area contributed by atoms with Crippen LogP contribution in [0.3, 0.4) is 0 Å². The minimum absolute atomic E-state index is 0.0750. The molecule has 1 atom stereocenters. The highest BCUT2D eigenvalue weighted by Crippen LogP contribution is 2.50. The summed E-state index contributed by atoms with van der Waals surface area (Å²) in [7, 11) is -2.89. The zero-order valence-corrected chi connectivity index (χ0v) is 17.5. The van der Waals surface area contributed by atoms with Crippen LogP contribution in [0.5, 0.6) is 0 Å². The second-order valence-electron chi connectivity index (χ2n) is 7.50. The molecule has 2 nitrogen and oxygen atoms in total. The standard InChI is InChI=1S/C26H25O2P/c1-20(2)24-18-28-26(21-12-6-3-7-13-21)25(24)19-29(27,22-14-8-4-9-15-22)23-16-10-5-11-17-23/h3-17,24H,1,18-19H2,2H3. The highest BCUT2D eigenvalue weighted by molar-refractivity contribution is 7.78. The van der Waals surface area contributed by atoms with E-state index in [4.69, 9.17) is 4.74 Å². The summed E-state index contributed by atoms with van der Waals surface area (Å²) in [5, 5.41) is 1.75. The van der Waals surface area contributed by atoms with Crippen molar-refractivity contribution in [2.75, 3.05) is 12.8 Å². The smallest absolute Gasteiger partial charge is 0.147 e. The molecule has 0 saturated carbocycles. The number of hydrogen-bond donors (Lipinski definition) is 0. The van der Waals surface area contributed by atoms with Gasteiger partial charge in [-0.15, -0.1) is 0 Å². The highest BCUT2D eigenvalue weighted by atomic mass is 31.2. The minimum atomic E-state index is -2.89. The lowest BCUT2D eigenvalue weighted by molar-refractivity contribution is 0.282. The van der Waals surface area contributed by atoms with Gasteiger partial charge in [0.25, 0.3) is 0 Å².